The van der Waals surface area contributed by atoms with Crippen molar-refractivity contribution in [2.24, 2.45) is 0 Å². The average Bonchev–Trinajstić information content (AvgIpc) is 0.838. The number of carbonyl (C=O) groups excluding carboxylic acids is 3. The molecule has 522 valence electrons. The van der Waals surface area contributed by atoms with E-state index in [2.05, 4.69) is 54.0 Å². The number of ether oxygens (including phenoxy) is 4. The molecule has 2 aromatic heterocycles. The first-order valence-electron chi connectivity index (χ1n) is 31.2. The number of carboxylic acid groups (broad SMARTS) is 1. The van der Waals surface area contributed by atoms with E-state index < -0.39 is 46.3 Å². The molecule has 4 aromatic rings. The maximum absolute atomic E-state index is 13.5. The quantitative estimate of drug-likeness (QED) is 0.0135. The normalized spacial score (nSPS) is 13.1. The fourth-order valence-electron chi connectivity index (χ4n) is 8.93. The second-order valence-electron chi connectivity index (χ2n) is 20.7. The number of likely N-dealkylation sites (N-methyl/N-ethyl adjacent to an activating group) is 2. The molecule has 2 saturated heterocycles. The van der Waals surface area contributed by atoms with Crippen LogP contribution in [0.15, 0.2) is 60.7 Å². The fourth-order valence-corrected chi connectivity index (χ4v) is 8.93. The van der Waals surface area contributed by atoms with Crippen LogP contribution in [0.2, 0.25) is 0 Å². The predicted molar refractivity (Wildman–Crippen MR) is 354 cm³/mol. The minimum absolute atomic E-state index is 0.00535. The Labute approximate surface area is 547 Å². The van der Waals surface area contributed by atoms with Gasteiger partial charge in [0.1, 0.15) is 13.1 Å². The number of alkyl halides is 2. The van der Waals surface area contributed by atoms with E-state index >= 15 is 0 Å². The molecule has 2 fully saturated rings. The predicted octanol–water partition coefficient (Wildman–Crippen LogP) is 6.11. The van der Waals surface area contributed by atoms with Crippen LogP contribution in [0.4, 0.5) is 47.6 Å². The lowest BCUT2D eigenvalue weighted by atomic mass is 10.2. The Morgan fingerprint density at radius 1 is 0.645 bits per heavy atom. The van der Waals surface area contributed by atoms with Gasteiger partial charge in [-0.1, -0.05) is 87.4 Å². The number of anilines is 4. The van der Waals surface area contributed by atoms with E-state index in [-0.39, 0.29) is 80.6 Å². The summed E-state index contributed by atoms with van der Waals surface area (Å²) < 4.78 is 55.7. The zero-order valence-corrected chi connectivity index (χ0v) is 56.0. The number of carbonyl (C=O) groups is 4. The molecule has 0 radical (unpaired) electrons. The summed E-state index contributed by atoms with van der Waals surface area (Å²) in [6.07, 6.45) is 4.28. The first-order chi connectivity index (χ1) is 45.3. The Balaban J connectivity index is 0.000000760. The van der Waals surface area contributed by atoms with Crippen molar-refractivity contribution in [1.82, 2.24) is 49.8 Å². The molecule has 1 unspecified atom stereocenters. The standard InChI is InChI=1S/C29H44N8O6.C22H32N6O5.C7H14N2O2.2CH3F.FH2P/c1-4-6-19-43-29-31-27(30)26(37(40)41)28(32-29)36(22-25(39)42-5-2)14-10-13-35(20-23-11-8-7-9-12-23)24(38)21-34-17-15-33(3)16-18-34;1-3-5-14-33-22-25-20(23)19(28(30)31)21(26-22)27(16-18(29)32-4-2)13-9-12-24-15-17-10-7-6-8-11-17;1-8-2-4-9(5-3-8)6-7(10)11;3*1-2/h7-9,11-12H,4-6,10,13-22H2,1-3H3,(H2,30,31,32);6-8,10-11,24H,3-5,9,12-16H2,1-2H3,(H2,23,25,26);2-6H2,1H3,(H,10,11);2*1H3;2H2/i;;;1D;;. The highest BCUT2D eigenvalue weighted by atomic mass is 31.1. The molecule has 0 bridgehead atoms. The summed E-state index contributed by atoms with van der Waals surface area (Å²) in [5.74, 6) is -2.69. The highest BCUT2D eigenvalue weighted by molar-refractivity contribution is 7.09. The number of hydrogen-bond acceptors (Lipinski definition) is 25. The number of hydrogen-bond donors (Lipinski definition) is 4. The van der Waals surface area contributed by atoms with Crippen LogP contribution < -0.4 is 36.1 Å². The molecule has 0 aliphatic carbocycles. The third-order valence-corrected chi connectivity index (χ3v) is 13.7. The zero-order valence-electron chi connectivity index (χ0n) is 55.8. The second kappa shape index (κ2) is 49.7. The molecule has 6 N–H and O–H groups in total. The number of nitrogens with one attached hydrogen (secondary N) is 1. The van der Waals surface area contributed by atoms with Crippen molar-refractivity contribution in [1.29, 1.82) is 0 Å². The summed E-state index contributed by atoms with van der Waals surface area (Å²) in [5.41, 5.74) is 13.0. The van der Waals surface area contributed by atoms with Crippen molar-refractivity contribution in [2.75, 3.05) is 181 Å². The topological polar surface area (TPSA) is 350 Å². The average molecular weight is 1340 g/mol. The van der Waals surface area contributed by atoms with Gasteiger partial charge in [0.05, 0.1) is 74.6 Å². The van der Waals surface area contributed by atoms with Crippen molar-refractivity contribution in [3.8, 4) is 12.0 Å². The molecule has 1 amide bonds. The lowest BCUT2D eigenvalue weighted by molar-refractivity contribution is -0.383. The number of aromatic nitrogens is 4. The Morgan fingerprint density at radius 2 is 1.05 bits per heavy atom. The van der Waals surface area contributed by atoms with Crippen LogP contribution in [0, 0.1) is 20.2 Å². The number of carboxylic acids is 1. The number of nitro groups is 2. The van der Waals surface area contributed by atoms with Crippen molar-refractivity contribution in [2.45, 2.75) is 79.3 Å². The van der Waals surface area contributed by atoms with Gasteiger partial charge in [0.2, 0.25) is 29.2 Å². The molecule has 93 heavy (non-hydrogen) atoms. The van der Waals surface area contributed by atoms with E-state index in [1.807, 2.05) is 79.4 Å². The molecule has 1 atom stereocenters. The van der Waals surface area contributed by atoms with Gasteiger partial charge in [-0.25, -0.2) is 4.20 Å². The summed E-state index contributed by atoms with van der Waals surface area (Å²) in [7, 11) is 4.54. The van der Waals surface area contributed by atoms with Gasteiger partial charge in [0.15, 0.2) is 0 Å². The van der Waals surface area contributed by atoms with Crippen molar-refractivity contribution in [3.63, 3.8) is 0 Å². The van der Waals surface area contributed by atoms with Gasteiger partial charge in [0, 0.05) is 85.1 Å². The Hall–Kier alpha value is -7.90. The molecule has 4 heterocycles. The summed E-state index contributed by atoms with van der Waals surface area (Å²) in [5, 5.41) is 35.5. The number of rotatable bonds is 34. The highest BCUT2D eigenvalue weighted by Gasteiger charge is 2.32. The molecule has 6 rings (SSSR count). The van der Waals surface area contributed by atoms with E-state index in [4.69, 9.17) is 36.9 Å². The van der Waals surface area contributed by atoms with Gasteiger partial charge in [-0.05, 0) is 71.3 Å². The van der Waals surface area contributed by atoms with Crippen molar-refractivity contribution >= 4 is 68.0 Å². The first kappa shape index (κ1) is 81.2. The molecule has 29 nitrogen and oxygen atoms in total. The van der Waals surface area contributed by atoms with Crippen LogP contribution in [0.1, 0.15) is 78.7 Å². The molecule has 2 aliphatic heterocycles. The molecule has 0 saturated carbocycles. The van der Waals surface area contributed by atoms with Gasteiger partial charge in [-0.15, -0.1) is 0 Å². The van der Waals surface area contributed by atoms with Crippen molar-refractivity contribution < 1.29 is 67.4 Å². The number of piperazine rings is 2. The summed E-state index contributed by atoms with van der Waals surface area (Å²) in [6.45, 7) is 18.1. The molecule has 0 spiro atoms. The zero-order chi connectivity index (χ0) is 70.2. The van der Waals surface area contributed by atoms with E-state index in [1.54, 1.807) is 18.7 Å². The molecular weight excluding hydrogens is 1240 g/mol. The lowest BCUT2D eigenvalue weighted by Gasteiger charge is -2.33. The van der Waals surface area contributed by atoms with Crippen LogP contribution in [0.3, 0.4) is 0 Å². The minimum atomic E-state index is -1.00. The number of aliphatic carboxylic acids is 1. The van der Waals surface area contributed by atoms with Gasteiger partial charge < -0.3 is 65.3 Å². The number of nitrogens with two attached hydrogens (primary N) is 2. The maximum Gasteiger partial charge on any atom is 0.353 e. The van der Waals surface area contributed by atoms with Gasteiger partial charge in [-0.3, -0.25) is 58.0 Å². The fraction of sp³-hybridized carbons (Fsp3) is 0.600. The number of nitrogens with zero attached hydrogens (tertiary/aromatic N) is 13. The number of nitrogen functional groups attached to an aromatic ring is 2. The third kappa shape index (κ3) is 33.5. The van der Waals surface area contributed by atoms with Crippen LogP contribution in [-0.4, -0.2) is 243 Å². The maximum atomic E-state index is 13.5. The van der Waals surface area contributed by atoms with E-state index in [0.29, 0.717) is 72.5 Å². The Kier molecular flexibility index (Phi) is 43.4. The summed E-state index contributed by atoms with van der Waals surface area (Å²) >= 11 is 0. The van der Waals surface area contributed by atoms with E-state index in [1.165, 1.54) is 9.80 Å². The van der Waals surface area contributed by atoms with Crippen LogP contribution in [0.25, 0.3) is 0 Å². The van der Waals surface area contributed by atoms with Crippen LogP contribution in [0.5, 0.6) is 12.0 Å². The van der Waals surface area contributed by atoms with Gasteiger partial charge >= 0.3 is 41.3 Å². The van der Waals surface area contributed by atoms with E-state index in [0.717, 1.165) is 98.7 Å². The summed E-state index contributed by atoms with van der Waals surface area (Å²) in [6, 6.07) is 19.5. The number of unbranched alkanes of at least 4 members (excludes halogenated alkanes) is 2. The largest absolute Gasteiger partial charge is 0.480 e. The lowest BCUT2D eigenvalue weighted by Crippen LogP contribution is -2.49. The SMILES string of the molecule is CCCCOc1nc(N)c([N+](=O)[O-])c(N(CCCN(Cc2ccccc2)C(=O)CN2CCN(C)CC2)CC(=O)OCC)n1.CCCCOc1nc(N)c([N+](=O)[O-])c(N(CCCNCc2ccccc2)CC(=O)OCC)n1.CF.CN1CCN(CC(=O)O)CC1.FP.[2H]CF. The second-order valence-corrected chi connectivity index (χ2v) is 20.7. The van der Waals surface area contributed by atoms with Gasteiger partial charge in [-0.2, -0.15) is 19.9 Å². The Morgan fingerprint density at radius 3 is 1.45 bits per heavy atom. The monoisotopic (exact) mass is 1340 g/mol. The molecular formula is C60H98F3N16O13P. The van der Waals surface area contributed by atoms with Crippen molar-refractivity contribution in [3.05, 3.63) is 92.0 Å². The van der Waals surface area contributed by atoms with E-state index in [9.17, 15) is 52.4 Å². The molecule has 2 aromatic carbocycles. The summed E-state index contributed by atoms with van der Waals surface area (Å²) in [4.78, 5) is 101. The first-order valence-corrected chi connectivity index (χ1v) is 31.0. The third-order valence-electron chi connectivity index (χ3n) is 13.7. The number of benzene rings is 2. The smallest absolute Gasteiger partial charge is 0.353 e. The minimum Gasteiger partial charge on any atom is -0.480 e. The van der Waals surface area contributed by atoms with Gasteiger partial charge in [0.25, 0.3) is 0 Å². The van der Waals surface area contributed by atoms with Crippen LogP contribution >= 0.6 is 9.55 Å². The van der Waals surface area contributed by atoms with Crippen LogP contribution in [-0.2, 0) is 41.7 Å². The molecule has 2 aliphatic rings. The number of amides is 1. The number of esters is 2. The Bertz CT molecular complexity index is 2780. The molecule has 33 heteroatoms. The number of halogens is 3. The highest BCUT2D eigenvalue weighted by Crippen LogP contribution is 2.34.